The van der Waals surface area contributed by atoms with Crippen LogP contribution in [0.5, 0.6) is 11.5 Å². The molecule has 1 aliphatic heterocycles. The molecule has 0 saturated carbocycles. The summed E-state index contributed by atoms with van der Waals surface area (Å²) in [6, 6.07) is 11.3. The Kier molecular flexibility index (Phi) is 8.91. The number of benzene rings is 2. The molecule has 0 spiro atoms. The van der Waals surface area contributed by atoms with Gasteiger partial charge >= 0.3 is 5.97 Å². The molecule has 0 bridgehead atoms. The highest BCUT2D eigenvalue weighted by molar-refractivity contribution is 6.30. The molecule has 1 N–H and O–H groups in total. The number of carbonyl (C=O) groups excluding carboxylic acids is 1. The van der Waals surface area contributed by atoms with Crippen LogP contribution in [0.4, 0.5) is 4.39 Å². The fourth-order valence-corrected chi connectivity index (χ4v) is 3.90. The second-order valence-electron chi connectivity index (χ2n) is 8.02. The van der Waals surface area contributed by atoms with Gasteiger partial charge in [0.1, 0.15) is 5.82 Å². The number of halogens is 2. The van der Waals surface area contributed by atoms with Crippen molar-refractivity contribution in [1.82, 2.24) is 9.80 Å². The Labute approximate surface area is 197 Å². The van der Waals surface area contributed by atoms with E-state index in [1.54, 1.807) is 35.2 Å². The number of hydrogen-bond donors (Lipinski definition) is 1. The summed E-state index contributed by atoms with van der Waals surface area (Å²) in [6.45, 7) is 4.75. The van der Waals surface area contributed by atoms with Crippen LogP contribution < -0.4 is 9.47 Å². The molecule has 1 amide bonds. The molecule has 9 heteroatoms. The second-order valence-corrected chi connectivity index (χ2v) is 8.46. The van der Waals surface area contributed by atoms with Gasteiger partial charge in [-0.05, 0) is 43.2 Å². The van der Waals surface area contributed by atoms with Crippen LogP contribution in [-0.2, 0) is 16.1 Å². The second kappa shape index (κ2) is 11.9. The van der Waals surface area contributed by atoms with Gasteiger partial charge in [-0.15, -0.1) is 0 Å². The summed E-state index contributed by atoms with van der Waals surface area (Å²) >= 11 is 6.03. The summed E-state index contributed by atoms with van der Waals surface area (Å²) < 4.78 is 24.5. The molecule has 178 valence electrons. The standard InChI is InChI=1S/C24H28ClFN2O5/c1-17-14-27(15-18-4-7-20(26)8-5-18)10-11-28(17)23(29)16-33-21-9-6-19(25)13-22(21)32-12-2-3-24(30)31/h4-9,13,17H,2-3,10-12,14-16H2,1H3,(H,30,31)/t17-/m1/s1. The molecule has 0 aliphatic carbocycles. The van der Waals surface area contributed by atoms with E-state index in [9.17, 15) is 14.0 Å². The predicted octanol–water partition coefficient (Wildman–Crippen LogP) is 3.83. The van der Waals surface area contributed by atoms with Gasteiger partial charge in [0.05, 0.1) is 6.61 Å². The van der Waals surface area contributed by atoms with Gasteiger partial charge in [-0.1, -0.05) is 23.7 Å². The number of rotatable bonds is 10. The quantitative estimate of drug-likeness (QED) is 0.523. The van der Waals surface area contributed by atoms with Crippen molar-refractivity contribution < 1.29 is 28.6 Å². The molecule has 1 atom stereocenters. The maximum absolute atomic E-state index is 13.1. The molecule has 2 aromatic carbocycles. The van der Waals surface area contributed by atoms with Gasteiger partial charge in [0.25, 0.3) is 5.91 Å². The number of ether oxygens (including phenoxy) is 2. The maximum atomic E-state index is 13.1. The average molecular weight is 479 g/mol. The van der Waals surface area contributed by atoms with Crippen molar-refractivity contribution in [2.24, 2.45) is 0 Å². The van der Waals surface area contributed by atoms with Crippen LogP contribution in [0.15, 0.2) is 42.5 Å². The third-order valence-electron chi connectivity index (χ3n) is 5.40. The summed E-state index contributed by atoms with van der Waals surface area (Å²) in [7, 11) is 0. The highest BCUT2D eigenvalue weighted by atomic mass is 35.5. The number of piperazine rings is 1. The first kappa shape index (κ1) is 24.8. The van der Waals surface area contributed by atoms with Crippen molar-refractivity contribution in [3.05, 3.63) is 58.9 Å². The van der Waals surface area contributed by atoms with Gasteiger partial charge in [-0.2, -0.15) is 0 Å². The molecule has 33 heavy (non-hydrogen) atoms. The van der Waals surface area contributed by atoms with E-state index in [1.807, 2.05) is 6.92 Å². The fourth-order valence-electron chi connectivity index (χ4n) is 3.74. The van der Waals surface area contributed by atoms with Crippen LogP contribution in [0.25, 0.3) is 0 Å². The van der Waals surface area contributed by atoms with E-state index in [-0.39, 0.29) is 37.4 Å². The SMILES string of the molecule is C[C@@H]1CN(Cc2ccc(F)cc2)CCN1C(=O)COc1ccc(Cl)cc1OCCCC(=O)O. The number of hydrogen-bond acceptors (Lipinski definition) is 5. The van der Waals surface area contributed by atoms with Gasteiger partial charge in [0.15, 0.2) is 18.1 Å². The molecular formula is C24H28ClFN2O5. The van der Waals surface area contributed by atoms with E-state index in [0.717, 1.165) is 5.56 Å². The van der Waals surface area contributed by atoms with Crippen molar-refractivity contribution in [2.45, 2.75) is 32.4 Å². The molecule has 7 nitrogen and oxygen atoms in total. The Morgan fingerprint density at radius 1 is 1.12 bits per heavy atom. The minimum Gasteiger partial charge on any atom is -0.490 e. The normalized spacial score (nSPS) is 16.5. The van der Waals surface area contributed by atoms with E-state index in [0.29, 0.717) is 49.1 Å². The van der Waals surface area contributed by atoms with Crippen LogP contribution in [-0.4, -0.2) is 65.7 Å². The first-order valence-electron chi connectivity index (χ1n) is 10.8. The van der Waals surface area contributed by atoms with Crippen molar-refractivity contribution in [2.75, 3.05) is 32.8 Å². The number of aliphatic carboxylic acids is 1. The van der Waals surface area contributed by atoms with Gasteiger partial charge in [0.2, 0.25) is 0 Å². The lowest BCUT2D eigenvalue weighted by Gasteiger charge is -2.39. The van der Waals surface area contributed by atoms with E-state index in [2.05, 4.69) is 4.90 Å². The highest BCUT2D eigenvalue weighted by Crippen LogP contribution is 2.30. The Balaban J connectivity index is 1.50. The number of carboxylic acid groups (broad SMARTS) is 1. The van der Waals surface area contributed by atoms with Crippen molar-refractivity contribution in [1.29, 1.82) is 0 Å². The van der Waals surface area contributed by atoms with Crippen molar-refractivity contribution in [3.63, 3.8) is 0 Å². The van der Waals surface area contributed by atoms with E-state index >= 15 is 0 Å². The molecular weight excluding hydrogens is 451 g/mol. The monoisotopic (exact) mass is 478 g/mol. The Hall–Kier alpha value is -2.84. The summed E-state index contributed by atoms with van der Waals surface area (Å²) in [5.74, 6) is -0.519. The van der Waals surface area contributed by atoms with Crippen molar-refractivity contribution in [3.8, 4) is 11.5 Å². The third kappa shape index (κ3) is 7.61. The van der Waals surface area contributed by atoms with Gasteiger partial charge < -0.3 is 19.5 Å². The van der Waals surface area contributed by atoms with Crippen LogP contribution in [0.1, 0.15) is 25.3 Å². The molecule has 1 fully saturated rings. The molecule has 0 unspecified atom stereocenters. The number of nitrogens with zero attached hydrogens (tertiary/aromatic N) is 2. The molecule has 1 aliphatic rings. The number of carbonyl (C=O) groups is 2. The average Bonchev–Trinajstić information content (AvgIpc) is 2.77. The highest BCUT2D eigenvalue weighted by Gasteiger charge is 2.27. The topological polar surface area (TPSA) is 79.3 Å². The zero-order valence-electron chi connectivity index (χ0n) is 18.5. The number of carboxylic acids is 1. The smallest absolute Gasteiger partial charge is 0.303 e. The molecule has 0 aromatic heterocycles. The fraction of sp³-hybridized carbons (Fsp3) is 0.417. The Bertz CT molecular complexity index is 956. The third-order valence-corrected chi connectivity index (χ3v) is 5.64. The largest absolute Gasteiger partial charge is 0.490 e. The zero-order valence-corrected chi connectivity index (χ0v) is 19.3. The molecule has 0 radical (unpaired) electrons. The summed E-state index contributed by atoms with van der Waals surface area (Å²) in [5.41, 5.74) is 1.03. The van der Waals surface area contributed by atoms with Gasteiger partial charge in [-0.3, -0.25) is 14.5 Å². The Morgan fingerprint density at radius 2 is 1.88 bits per heavy atom. The Morgan fingerprint density at radius 3 is 2.58 bits per heavy atom. The zero-order chi connectivity index (χ0) is 23.8. The van der Waals surface area contributed by atoms with Crippen LogP contribution in [0.2, 0.25) is 5.02 Å². The molecule has 3 rings (SSSR count). The van der Waals surface area contributed by atoms with Crippen molar-refractivity contribution >= 4 is 23.5 Å². The lowest BCUT2D eigenvalue weighted by Crippen LogP contribution is -2.54. The first-order valence-corrected chi connectivity index (χ1v) is 11.2. The molecule has 1 heterocycles. The molecule has 1 saturated heterocycles. The maximum Gasteiger partial charge on any atom is 0.303 e. The van der Waals surface area contributed by atoms with Gasteiger partial charge in [0, 0.05) is 49.7 Å². The lowest BCUT2D eigenvalue weighted by atomic mass is 10.1. The predicted molar refractivity (Wildman–Crippen MR) is 122 cm³/mol. The summed E-state index contributed by atoms with van der Waals surface area (Å²) in [5, 5.41) is 9.19. The van der Waals surface area contributed by atoms with Crippen LogP contribution in [0.3, 0.4) is 0 Å². The van der Waals surface area contributed by atoms with E-state index in [1.165, 1.54) is 12.1 Å². The first-order chi connectivity index (χ1) is 15.8. The minimum atomic E-state index is -0.890. The van der Waals surface area contributed by atoms with Crippen LogP contribution >= 0.6 is 11.6 Å². The lowest BCUT2D eigenvalue weighted by molar-refractivity contribution is -0.138. The minimum absolute atomic E-state index is 0.000266. The van der Waals surface area contributed by atoms with E-state index < -0.39 is 5.97 Å². The summed E-state index contributed by atoms with van der Waals surface area (Å²) in [4.78, 5) is 27.5. The van der Waals surface area contributed by atoms with Gasteiger partial charge in [-0.25, -0.2) is 4.39 Å². The molecule has 2 aromatic rings. The van der Waals surface area contributed by atoms with Crippen LogP contribution in [0, 0.1) is 5.82 Å². The van der Waals surface area contributed by atoms with E-state index in [4.69, 9.17) is 26.2 Å². The summed E-state index contributed by atoms with van der Waals surface area (Å²) in [6.07, 6.45) is 0.347. The number of amides is 1.